The van der Waals surface area contributed by atoms with Crippen molar-refractivity contribution >= 4 is 5.91 Å². The van der Waals surface area contributed by atoms with Gasteiger partial charge in [-0.3, -0.25) is 9.80 Å². The molecule has 2 aromatic rings. The molecule has 2 aromatic carbocycles. The summed E-state index contributed by atoms with van der Waals surface area (Å²) in [6.07, 6.45) is 3.95. The number of fused-ring (bicyclic) bond motifs is 2. The van der Waals surface area contributed by atoms with Crippen LogP contribution in [-0.4, -0.2) is 33.8 Å². The van der Waals surface area contributed by atoms with Crippen LogP contribution in [0.4, 0.5) is 8.78 Å². The van der Waals surface area contributed by atoms with E-state index in [1.165, 1.54) is 28.4 Å². The first-order valence-corrected chi connectivity index (χ1v) is 11.3. The normalized spacial score (nSPS) is 25.5. The van der Waals surface area contributed by atoms with Gasteiger partial charge >= 0.3 is 0 Å². The average Bonchev–Trinajstić information content (AvgIpc) is 3.16. The lowest BCUT2D eigenvalue weighted by Gasteiger charge is -2.47. The molecule has 2 heterocycles. The Bertz CT molecular complexity index is 1270. The van der Waals surface area contributed by atoms with E-state index in [9.17, 15) is 14.3 Å². The Labute approximate surface area is 202 Å². The highest BCUT2D eigenvalue weighted by Crippen LogP contribution is 2.49. The van der Waals surface area contributed by atoms with Gasteiger partial charge in [-0.15, -0.1) is 0 Å². The van der Waals surface area contributed by atoms with Gasteiger partial charge in [0.25, 0.3) is 5.91 Å². The summed E-state index contributed by atoms with van der Waals surface area (Å²) in [5.74, 6) is -2.64. The lowest BCUT2D eigenvalue weighted by molar-refractivity contribution is -0.156. The average molecular weight is 478 g/mol. The zero-order chi connectivity index (χ0) is 24.6. The van der Waals surface area contributed by atoms with Crippen LogP contribution in [0.2, 0.25) is 0 Å². The van der Waals surface area contributed by atoms with Crippen LogP contribution < -0.4 is 5.32 Å². The maximum absolute atomic E-state index is 17.3. The predicted molar refractivity (Wildman–Crippen MR) is 126 cm³/mol. The molecule has 3 aliphatic rings. The van der Waals surface area contributed by atoms with Gasteiger partial charge in [-0.05, 0) is 41.7 Å². The number of aliphatic hydroxyl groups is 1. The van der Waals surface area contributed by atoms with Crippen molar-refractivity contribution in [1.82, 2.24) is 15.3 Å². The molecule has 6 nitrogen and oxygen atoms in total. The monoisotopic (exact) mass is 477 g/mol. The van der Waals surface area contributed by atoms with Gasteiger partial charge in [-0.2, -0.15) is 5.01 Å². The first-order chi connectivity index (χ1) is 16.9. The van der Waals surface area contributed by atoms with E-state index in [-0.39, 0.29) is 30.3 Å². The maximum atomic E-state index is 17.3. The van der Waals surface area contributed by atoms with Crippen molar-refractivity contribution in [3.05, 3.63) is 119 Å². The summed E-state index contributed by atoms with van der Waals surface area (Å²) in [6.45, 7) is 1.54. The number of hydrogen-bond acceptors (Lipinski definition) is 5. The number of amides is 1. The molecule has 2 N–H and O–H groups in total. The van der Waals surface area contributed by atoms with E-state index in [1.807, 2.05) is 42.5 Å². The van der Waals surface area contributed by atoms with Crippen molar-refractivity contribution in [2.75, 3.05) is 6.67 Å². The second-order valence-electron chi connectivity index (χ2n) is 8.66. The van der Waals surface area contributed by atoms with Gasteiger partial charge in [0.2, 0.25) is 5.79 Å². The number of benzene rings is 2. The summed E-state index contributed by atoms with van der Waals surface area (Å²) < 4.78 is 36.4. The lowest BCUT2D eigenvalue weighted by atomic mass is 10.00. The number of hydrogen-bond donors (Lipinski definition) is 2. The molecule has 35 heavy (non-hydrogen) atoms. The second kappa shape index (κ2) is 9.13. The summed E-state index contributed by atoms with van der Waals surface area (Å²) in [7, 11) is 0. The van der Waals surface area contributed by atoms with Crippen molar-refractivity contribution in [2.24, 2.45) is 0 Å². The lowest BCUT2D eigenvalue weighted by Crippen LogP contribution is -2.62. The van der Waals surface area contributed by atoms with Gasteiger partial charge in [-0.1, -0.05) is 60.7 Å². The van der Waals surface area contributed by atoms with E-state index in [2.05, 4.69) is 5.32 Å². The number of hydrazine groups is 1. The topological polar surface area (TPSA) is 65.0 Å². The fourth-order valence-corrected chi connectivity index (χ4v) is 4.70. The van der Waals surface area contributed by atoms with Crippen LogP contribution in [0.1, 0.15) is 23.6 Å². The number of nitrogens with one attached hydrogen (secondary N) is 1. The van der Waals surface area contributed by atoms with Gasteiger partial charge in [0.15, 0.2) is 11.5 Å². The molecular formula is C27H25F2N3O3. The van der Waals surface area contributed by atoms with Crippen LogP contribution in [0.25, 0.3) is 0 Å². The van der Waals surface area contributed by atoms with E-state index in [0.29, 0.717) is 23.9 Å². The third-order valence-corrected chi connectivity index (χ3v) is 6.35. The molecule has 2 atom stereocenters. The van der Waals surface area contributed by atoms with Crippen LogP contribution in [-0.2, 0) is 28.4 Å². The first kappa shape index (κ1) is 23.0. The molecule has 0 radical (unpaired) electrons. The number of aliphatic hydroxyl groups excluding tert-OH is 1. The zero-order valence-electron chi connectivity index (χ0n) is 19.1. The van der Waals surface area contributed by atoms with E-state index < -0.39 is 17.8 Å². The van der Waals surface area contributed by atoms with Crippen LogP contribution >= 0.6 is 0 Å². The quantitative estimate of drug-likeness (QED) is 0.636. The van der Waals surface area contributed by atoms with Crippen LogP contribution in [0.3, 0.4) is 0 Å². The maximum Gasteiger partial charge on any atom is 0.274 e. The number of nitrogens with zero attached hydrogens (tertiary/aromatic N) is 2. The number of halogens is 2. The predicted octanol–water partition coefficient (Wildman–Crippen LogP) is 4.09. The molecule has 0 saturated carbocycles. The van der Waals surface area contributed by atoms with Crippen molar-refractivity contribution in [3.8, 4) is 0 Å². The Morgan fingerprint density at radius 3 is 2.74 bits per heavy atom. The number of ether oxygens (including phenoxy) is 1. The molecule has 2 unspecified atom stereocenters. The molecule has 2 aliphatic heterocycles. The number of alkyl halides is 1. The fourth-order valence-electron chi connectivity index (χ4n) is 4.70. The highest BCUT2D eigenvalue weighted by atomic mass is 19.1. The van der Waals surface area contributed by atoms with Gasteiger partial charge in [0, 0.05) is 11.8 Å². The zero-order valence-corrected chi connectivity index (χ0v) is 19.1. The third kappa shape index (κ3) is 3.94. The van der Waals surface area contributed by atoms with E-state index in [4.69, 9.17) is 4.74 Å². The first-order valence-electron chi connectivity index (χ1n) is 11.3. The minimum absolute atomic E-state index is 0.000641. The largest absolute Gasteiger partial charge is 0.488 e. The van der Waals surface area contributed by atoms with Crippen molar-refractivity contribution in [2.45, 2.75) is 31.8 Å². The number of carbonyl (C=O) groups is 1. The summed E-state index contributed by atoms with van der Waals surface area (Å²) in [5.41, 5.74) is 2.67. The van der Waals surface area contributed by atoms with E-state index in [1.54, 1.807) is 19.1 Å². The summed E-state index contributed by atoms with van der Waals surface area (Å²) in [6, 6.07) is 16.4. The molecule has 5 rings (SSSR count). The molecule has 0 bridgehead atoms. The smallest absolute Gasteiger partial charge is 0.274 e. The Morgan fingerprint density at radius 2 is 1.97 bits per heavy atom. The van der Waals surface area contributed by atoms with E-state index >= 15 is 4.39 Å². The SMILES string of the molecule is CC(=C/F)/C=C1/Cc2ccccc2C1(F)N1CNC(=O)C2=C(OCc3ccccc3)C(O)C=CN21. The standard InChI is InChI=1S/C27H25F2N3O3/c1-18(15-28)13-21-14-20-9-5-6-10-22(20)27(21,29)32-17-30-26(34)24-25(23(33)11-12-31(24)32)35-16-19-7-3-2-4-8-19/h2-13,15,23,33H,14,16-17H2,1H3,(H,30,34)/b18-15-,21-13-. The Morgan fingerprint density at radius 1 is 1.23 bits per heavy atom. The number of allylic oxidation sites excluding steroid dienone is 2. The number of rotatable bonds is 5. The molecule has 0 aromatic heterocycles. The minimum Gasteiger partial charge on any atom is -0.488 e. The summed E-state index contributed by atoms with van der Waals surface area (Å²) >= 11 is 0. The third-order valence-electron chi connectivity index (χ3n) is 6.35. The molecule has 8 heteroatoms. The van der Waals surface area contributed by atoms with E-state index in [0.717, 1.165) is 11.1 Å². The van der Waals surface area contributed by atoms with Gasteiger partial charge in [-0.25, -0.2) is 8.78 Å². The van der Waals surface area contributed by atoms with Crippen molar-refractivity contribution < 1.29 is 23.4 Å². The van der Waals surface area contributed by atoms with Crippen molar-refractivity contribution in [3.63, 3.8) is 0 Å². The highest BCUT2D eigenvalue weighted by molar-refractivity contribution is 5.94. The molecule has 1 fully saturated rings. The van der Waals surface area contributed by atoms with Gasteiger partial charge in [0.1, 0.15) is 12.7 Å². The highest BCUT2D eigenvalue weighted by Gasteiger charge is 2.53. The van der Waals surface area contributed by atoms with Crippen LogP contribution in [0.5, 0.6) is 0 Å². The van der Waals surface area contributed by atoms with Crippen LogP contribution in [0, 0.1) is 0 Å². The Hall–Kier alpha value is -3.75. The van der Waals surface area contributed by atoms with Gasteiger partial charge < -0.3 is 15.2 Å². The summed E-state index contributed by atoms with van der Waals surface area (Å²) in [4.78, 5) is 13.0. The molecular weight excluding hydrogens is 452 g/mol. The van der Waals surface area contributed by atoms with Gasteiger partial charge in [0.05, 0.1) is 13.0 Å². The Balaban J connectivity index is 1.58. The van der Waals surface area contributed by atoms with Crippen molar-refractivity contribution in [1.29, 1.82) is 0 Å². The molecule has 1 amide bonds. The Kier molecular flexibility index (Phi) is 6.00. The molecule has 1 saturated heterocycles. The second-order valence-corrected chi connectivity index (χ2v) is 8.66. The fraction of sp³-hybridized carbons (Fsp3) is 0.222. The number of carbonyl (C=O) groups excluding carboxylic acids is 1. The molecule has 180 valence electrons. The molecule has 0 spiro atoms. The molecule has 1 aliphatic carbocycles. The minimum atomic E-state index is -2.17. The van der Waals surface area contributed by atoms with Crippen LogP contribution in [0.15, 0.2) is 102 Å². The summed E-state index contributed by atoms with van der Waals surface area (Å²) in [5, 5.41) is 16.1.